The zero-order valence-corrected chi connectivity index (χ0v) is 7.02. The zero-order valence-electron chi connectivity index (χ0n) is 7.02. The molecule has 72 valence electrons. The molecule has 3 N–H and O–H groups in total. The third-order valence-electron chi connectivity index (χ3n) is 1.73. The van der Waals surface area contributed by atoms with E-state index in [1.165, 1.54) is 0 Å². The van der Waals surface area contributed by atoms with Gasteiger partial charge in [0, 0.05) is 18.0 Å². The van der Waals surface area contributed by atoms with E-state index in [0.29, 0.717) is 11.3 Å². The molecule has 1 aromatic heterocycles. The van der Waals surface area contributed by atoms with Crippen molar-refractivity contribution in [3.05, 3.63) is 36.0 Å². The molecule has 6 nitrogen and oxygen atoms in total. The average molecular weight is 193 g/mol. The van der Waals surface area contributed by atoms with E-state index in [1.54, 1.807) is 18.5 Å². The van der Waals surface area contributed by atoms with E-state index in [9.17, 15) is 4.79 Å². The first-order valence-corrected chi connectivity index (χ1v) is 3.85. The van der Waals surface area contributed by atoms with Gasteiger partial charge in [0.2, 0.25) is 0 Å². The lowest BCUT2D eigenvalue weighted by atomic mass is 10.1. The second-order valence-corrected chi connectivity index (χ2v) is 2.60. The maximum absolute atomic E-state index is 10.7. The average Bonchev–Trinajstić information content (AvgIpc) is 2.67. The van der Waals surface area contributed by atoms with Crippen LogP contribution in [0, 0.1) is 0 Å². The van der Waals surface area contributed by atoms with E-state index < -0.39 is 5.97 Å². The van der Waals surface area contributed by atoms with E-state index in [-0.39, 0.29) is 5.56 Å². The Kier molecular flexibility index (Phi) is 1.94. The normalized spacial score (nSPS) is 14.1. The Balaban J connectivity index is 2.41. The Hall–Kier alpha value is -2.24. The molecule has 1 aromatic rings. The number of nitrogens with one attached hydrogen (secondary N) is 2. The van der Waals surface area contributed by atoms with Crippen LogP contribution in [0.25, 0.3) is 5.57 Å². The van der Waals surface area contributed by atoms with Gasteiger partial charge in [0.15, 0.2) is 0 Å². The van der Waals surface area contributed by atoms with Crippen LogP contribution in [0.4, 0.5) is 0 Å². The number of carbonyl (C=O) groups is 1. The molecule has 2 heterocycles. The highest BCUT2D eigenvalue weighted by Crippen LogP contribution is 2.18. The predicted octanol–water partition coefficient (Wildman–Crippen LogP) is 0.335. The third kappa shape index (κ3) is 1.33. The summed E-state index contributed by atoms with van der Waals surface area (Å²) in [6, 6.07) is 0. The second-order valence-electron chi connectivity index (χ2n) is 2.60. The number of aromatic nitrogens is 1. The van der Waals surface area contributed by atoms with Crippen LogP contribution in [0.1, 0.15) is 16.1 Å². The largest absolute Gasteiger partial charge is 0.477 e. The van der Waals surface area contributed by atoms with Crippen LogP contribution in [0.15, 0.2) is 29.3 Å². The highest BCUT2D eigenvalue weighted by Gasteiger charge is 2.17. The highest BCUT2D eigenvalue weighted by atomic mass is 16.5. The minimum Gasteiger partial charge on any atom is -0.477 e. The number of hydrogen-bond acceptors (Lipinski definition) is 5. The molecule has 0 atom stereocenters. The van der Waals surface area contributed by atoms with E-state index in [1.807, 2.05) is 0 Å². The second kappa shape index (κ2) is 3.25. The maximum atomic E-state index is 10.7. The van der Waals surface area contributed by atoms with Gasteiger partial charge in [0.05, 0.1) is 0 Å². The molecule has 0 saturated carbocycles. The zero-order chi connectivity index (χ0) is 9.97. The smallest absolute Gasteiger partial charge is 0.341 e. The summed E-state index contributed by atoms with van der Waals surface area (Å²) >= 11 is 0. The van der Waals surface area contributed by atoms with Crippen LogP contribution in [0.2, 0.25) is 0 Å². The van der Waals surface area contributed by atoms with Gasteiger partial charge in [-0.1, -0.05) is 5.16 Å². The first-order chi connectivity index (χ1) is 6.79. The molecular formula is C8H7N3O3. The van der Waals surface area contributed by atoms with Gasteiger partial charge in [-0.2, -0.15) is 0 Å². The third-order valence-corrected chi connectivity index (χ3v) is 1.73. The standard InChI is InChI=1S/C8H7N3O3/c12-8(13)6-4-14-11-7(6)5-1-2-9-10-3-5/h1-4,9-10H,(H,12,13). The minimum absolute atomic E-state index is 0.0459. The molecule has 0 saturated heterocycles. The molecule has 0 spiro atoms. The molecule has 0 radical (unpaired) electrons. The molecule has 14 heavy (non-hydrogen) atoms. The van der Waals surface area contributed by atoms with E-state index in [2.05, 4.69) is 20.5 Å². The fraction of sp³-hybridized carbons (Fsp3) is 0. The maximum Gasteiger partial charge on any atom is 0.341 e. The van der Waals surface area contributed by atoms with Crippen LogP contribution in [-0.2, 0) is 0 Å². The molecule has 0 bridgehead atoms. The first-order valence-electron chi connectivity index (χ1n) is 3.85. The van der Waals surface area contributed by atoms with Crippen LogP contribution >= 0.6 is 0 Å². The summed E-state index contributed by atoms with van der Waals surface area (Å²) < 4.78 is 4.61. The Morgan fingerprint density at radius 2 is 2.36 bits per heavy atom. The van der Waals surface area contributed by atoms with Crippen molar-refractivity contribution < 1.29 is 14.4 Å². The molecule has 1 aliphatic rings. The molecule has 0 aromatic carbocycles. The van der Waals surface area contributed by atoms with Gasteiger partial charge in [-0.05, 0) is 6.08 Å². The van der Waals surface area contributed by atoms with Crippen LogP contribution in [0.5, 0.6) is 0 Å². The number of hydrazine groups is 1. The first kappa shape index (κ1) is 8.36. The van der Waals surface area contributed by atoms with Crippen molar-refractivity contribution in [3.8, 4) is 0 Å². The lowest BCUT2D eigenvalue weighted by Crippen LogP contribution is -2.23. The lowest BCUT2D eigenvalue weighted by Gasteiger charge is -2.07. The summed E-state index contributed by atoms with van der Waals surface area (Å²) in [4.78, 5) is 10.7. The lowest BCUT2D eigenvalue weighted by molar-refractivity contribution is 0.0696. The van der Waals surface area contributed by atoms with Gasteiger partial charge >= 0.3 is 5.97 Å². The van der Waals surface area contributed by atoms with Crippen molar-refractivity contribution >= 4 is 11.5 Å². The highest BCUT2D eigenvalue weighted by molar-refractivity contribution is 5.94. The van der Waals surface area contributed by atoms with Gasteiger partial charge in [0.25, 0.3) is 0 Å². The number of nitrogens with zero attached hydrogens (tertiary/aromatic N) is 1. The minimum atomic E-state index is -1.06. The van der Waals surface area contributed by atoms with Crippen LogP contribution in [-0.4, -0.2) is 16.2 Å². The Bertz CT molecular complexity index is 419. The molecule has 0 unspecified atom stereocenters. The Morgan fingerprint density at radius 1 is 1.50 bits per heavy atom. The fourth-order valence-corrected chi connectivity index (χ4v) is 1.09. The Morgan fingerprint density at radius 3 is 3.00 bits per heavy atom. The summed E-state index contributed by atoms with van der Waals surface area (Å²) in [5.41, 5.74) is 6.43. The van der Waals surface area contributed by atoms with Gasteiger partial charge in [-0.25, -0.2) is 4.79 Å². The van der Waals surface area contributed by atoms with Gasteiger partial charge in [0.1, 0.15) is 17.5 Å². The van der Waals surface area contributed by atoms with Gasteiger partial charge in [-0.15, -0.1) is 0 Å². The summed E-state index contributed by atoms with van der Waals surface area (Å²) in [5, 5.41) is 12.4. The topological polar surface area (TPSA) is 87.4 Å². The van der Waals surface area contributed by atoms with E-state index in [0.717, 1.165) is 6.26 Å². The van der Waals surface area contributed by atoms with Crippen molar-refractivity contribution in [2.75, 3.05) is 0 Å². The molecule has 0 aliphatic carbocycles. The van der Waals surface area contributed by atoms with Crippen molar-refractivity contribution in [2.45, 2.75) is 0 Å². The van der Waals surface area contributed by atoms with Gasteiger partial charge < -0.3 is 20.5 Å². The van der Waals surface area contributed by atoms with Gasteiger partial charge in [-0.3, -0.25) is 0 Å². The fourth-order valence-electron chi connectivity index (χ4n) is 1.09. The molecule has 0 amide bonds. The number of aromatic carboxylic acids is 1. The number of rotatable bonds is 2. The van der Waals surface area contributed by atoms with Crippen LogP contribution < -0.4 is 10.9 Å². The summed E-state index contributed by atoms with van der Waals surface area (Å²) in [7, 11) is 0. The molecule has 2 rings (SSSR count). The van der Waals surface area contributed by atoms with E-state index >= 15 is 0 Å². The predicted molar refractivity (Wildman–Crippen MR) is 46.9 cm³/mol. The molecular weight excluding hydrogens is 186 g/mol. The summed E-state index contributed by atoms with van der Waals surface area (Å²) in [6.07, 6.45) is 6.04. The SMILES string of the molecule is O=C(O)c1conc1C1=CNNC=C1. The quantitative estimate of drug-likeness (QED) is 0.627. The summed E-state index contributed by atoms with van der Waals surface area (Å²) in [6.45, 7) is 0. The Labute approximate surface area is 78.9 Å². The summed E-state index contributed by atoms with van der Waals surface area (Å²) in [5.74, 6) is -1.06. The monoisotopic (exact) mass is 193 g/mol. The van der Waals surface area contributed by atoms with Crippen LogP contribution in [0.3, 0.4) is 0 Å². The van der Waals surface area contributed by atoms with Crippen molar-refractivity contribution in [1.82, 2.24) is 16.0 Å². The number of carboxylic acids is 1. The van der Waals surface area contributed by atoms with E-state index in [4.69, 9.17) is 5.11 Å². The molecule has 1 aliphatic heterocycles. The van der Waals surface area contributed by atoms with Crippen molar-refractivity contribution in [3.63, 3.8) is 0 Å². The number of allylic oxidation sites excluding steroid dienone is 2. The van der Waals surface area contributed by atoms with Crippen molar-refractivity contribution in [2.24, 2.45) is 0 Å². The molecule has 6 heteroatoms. The number of carboxylic acid groups (broad SMARTS) is 1. The molecule has 0 fully saturated rings. The van der Waals surface area contributed by atoms with Crippen molar-refractivity contribution in [1.29, 1.82) is 0 Å². The number of hydrogen-bond donors (Lipinski definition) is 3.